The van der Waals surface area contributed by atoms with Gasteiger partial charge in [-0.25, -0.2) is 0 Å². The van der Waals surface area contributed by atoms with E-state index in [1.807, 2.05) is 24.3 Å². The van der Waals surface area contributed by atoms with Gasteiger partial charge in [-0.2, -0.15) is 10.4 Å². The molecule has 0 bridgehead atoms. The van der Waals surface area contributed by atoms with Crippen LogP contribution in [0.25, 0.3) is 11.4 Å². The van der Waals surface area contributed by atoms with Crippen molar-refractivity contribution in [2.45, 2.75) is 0 Å². The van der Waals surface area contributed by atoms with Crippen molar-refractivity contribution in [2.24, 2.45) is 0 Å². The van der Waals surface area contributed by atoms with Crippen LogP contribution in [0.15, 0.2) is 30.6 Å². The lowest BCUT2D eigenvalue weighted by Gasteiger charge is -1.94. The summed E-state index contributed by atoms with van der Waals surface area (Å²) in [6, 6.07) is 7.56. The van der Waals surface area contributed by atoms with Gasteiger partial charge < -0.3 is 0 Å². The first-order valence-corrected chi connectivity index (χ1v) is 3.76. The number of hydrogen-bond donors (Lipinski definition) is 1. The SMILES string of the molecule is N#Cc1cn[nH]c1-c1ccccn1. The molecule has 13 heavy (non-hydrogen) atoms. The molecule has 1 N–H and O–H groups in total. The molecule has 0 saturated heterocycles. The normalized spacial score (nSPS) is 9.46. The van der Waals surface area contributed by atoms with E-state index >= 15 is 0 Å². The Morgan fingerprint density at radius 2 is 2.31 bits per heavy atom. The Hall–Kier alpha value is -2.15. The third-order valence-corrected chi connectivity index (χ3v) is 1.68. The molecule has 2 rings (SSSR count). The van der Waals surface area contributed by atoms with E-state index < -0.39 is 0 Å². The summed E-state index contributed by atoms with van der Waals surface area (Å²) in [4.78, 5) is 4.11. The van der Waals surface area contributed by atoms with Crippen molar-refractivity contribution in [1.82, 2.24) is 15.2 Å². The van der Waals surface area contributed by atoms with E-state index in [2.05, 4.69) is 15.2 Å². The predicted octanol–water partition coefficient (Wildman–Crippen LogP) is 1.34. The molecule has 2 heterocycles. The van der Waals surface area contributed by atoms with Crippen LogP contribution in [0.1, 0.15) is 5.56 Å². The van der Waals surface area contributed by atoms with E-state index in [1.165, 1.54) is 6.20 Å². The molecule has 2 aromatic rings. The van der Waals surface area contributed by atoms with Crippen LogP contribution in [0, 0.1) is 11.3 Å². The minimum Gasteiger partial charge on any atom is -0.275 e. The molecule has 0 aliphatic carbocycles. The van der Waals surface area contributed by atoms with Crippen LogP contribution < -0.4 is 0 Å². The first-order valence-electron chi connectivity index (χ1n) is 3.76. The number of aromatic nitrogens is 3. The molecule has 0 saturated carbocycles. The highest BCUT2D eigenvalue weighted by Crippen LogP contribution is 2.16. The van der Waals surface area contributed by atoms with Gasteiger partial charge in [-0.1, -0.05) is 6.07 Å². The molecule has 0 radical (unpaired) electrons. The number of H-pyrrole nitrogens is 1. The van der Waals surface area contributed by atoms with Crippen molar-refractivity contribution in [3.63, 3.8) is 0 Å². The number of nitrogens with one attached hydrogen (secondary N) is 1. The van der Waals surface area contributed by atoms with Crippen LogP contribution >= 0.6 is 0 Å². The summed E-state index contributed by atoms with van der Waals surface area (Å²) in [5.74, 6) is 0. The van der Waals surface area contributed by atoms with E-state index in [0.29, 0.717) is 11.3 Å². The van der Waals surface area contributed by atoms with E-state index in [1.54, 1.807) is 6.20 Å². The third kappa shape index (κ3) is 1.27. The summed E-state index contributed by atoms with van der Waals surface area (Å²) in [5.41, 5.74) is 1.92. The van der Waals surface area contributed by atoms with Crippen LogP contribution in [0.4, 0.5) is 0 Å². The quantitative estimate of drug-likeness (QED) is 0.702. The Balaban J connectivity index is 2.54. The summed E-state index contributed by atoms with van der Waals surface area (Å²) >= 11 is 0. The summed E-state index contributed by atoms with van der Waals surface area (Å²) in [5, 5.41) is 15.3. The molecule has 62 valence electrons. The molecule has 0 unspecified atom stereocenters. The highest BCUT2D eigenvalue weighted by Gasteiger charge is 2.06. The molecular formula is C9H6N4. The van der Waals surface area contributed by atoms with Crippen LogP contribution in [0.3, 0.4) is 0 Å². The van der Waals surface area contributed by atoms with Gasteiger partial charge in [-0.05, 0) is 12.1 Å². The van der Waals surface area contributed by atoms with Gasteiger partial charge in [0.25, 0.3) is 0 Å². The van der Waals surface area contributed by atoms with E-state index in [-0.39, 0.29) is 0 Å². The third-order valence-electron chi connectivity index (χ3n) is 1.68. The van der Waals surface area contributed by atoms with Gasteiger partial charge >= 0.3 is 0 Å². The number of nitrogens with zero attached hydrogens (tertiary/aromatic N) is 3. The Kier molecular flexibility index (Phi) is 1.77. The fraction of sp³-hybridized carbons (Fsp3) is 0. The Morgan fingerprint density at radius 3 is 3.00 bits per heavy atom. The fourth-order valence-electron chi connectivity index (χ4n) is 1.08. The molecular weight excluding hydrogens is 164 g/mol. The van der Waals surface area contributed by atoms with E-state index in [0.717, 1.165) is 5.69 Å². The fourth-order valence-corrected chi connectivity index (χ4v) is 1.08. The van der Waals surface area contributed by atoms with Gasteiger partial charge in [0.05, 0.1) is 17.5 Å². The summed E-state index contributed by atoms with van der Waals surface area (Å²) in [7, 11) is 0. The maximum atomic E-state index is 8.73. The van der Waals surface area contributed by atoms with Crippen molar-refractivity contribution in [3.8, 4) is 17.5 Å². The first kappa shape index (κ1) is 7.50. The van der Waals surface area contributed by atoms with E-state index in [9.17, 15) is 0 Å². The van der Waals surface area contributed by atoms with Crippen molar-refractivity contribution in [3.05, 3.63) is 36.2 Å². The number of aromatic amines is 1. The second-order valence-electron chi connectivity index (χ2n) is 2.49. The zero-order chi connectivity index (χ0) is 9.10. The molecule has 0 spiro atoms. The molecule has 0 fully saturated rings. The second kappa shape index (κ2) is 3.07. The van der Waals surface area contributed by atoms with Gasteiger partial charge in [-0.3, -0.25) is 10.1 Å². The molecule has 4 nitrogen and oxygen atoms in total. The number of hydrogen-bond acceptors (Lipinski definition) is 3. The lowest BCUT2D eigenvalue weighted by atomic mass is 10.2. The van der Waals surface area contributed by atoms with Crippen molar-refractivity contribution in [2.75, 3.05) is 0 Å². The molecule has 0 atom stereocenters. The zero-order valence-corrected chi connectivity index (χ0v) is 6.73. The summed E-state index contributed by atoms with van der Waals surface area (Å²) in [6.45, 7) is 0. The second-order valence-corrected chi connectivity index (χ2v) is 2.49. The first-order chi connectivity index (χ1) is 6.42. The molecule has 2 aromatic heterocycles. The van der Waals surface area contributed by atoms with E-state index in [4.69, 9.17) is 5.26 Å². The van der Waals surface area contributed by atoms with Gasteiger partial charge in [-0.15, -0.1) is 0 Å². The lowest BCUT2D eigenvalue weighted by Crippen LogP contribution is -1.84. The van der Waals surface area contributed by atoms with Crippen molar-refractivity contribution < 1.29 is 0 Å². The molecule has 0 amide bonds. The van der Waals surface area contributed by atoms with Crippen LogP contribution in [0.5, 0.6) is 0 Å². The van der Waals surface area contributed by atoms with Gasteiger partial charge in [0.1, 0.15) is 11.8 Å². The maximum Gasteiger partial charge on any atom is 0.103 e. The molecule has 0 aliphatic rings. The average molecular weight is 170 g/mol. The highest BCUT2D eigenvalue weighted by molar-refractivity contribution is 5.61. The van der Waals surface area contributed by atoms with Gasteiger partial charge in [0.15, 0.2) is 0 Å². The maximum absolute atomic E-state index is 8.73. The van der Waals surface area contributed by atoms with Crippen LogP contribution in [-0.2, 0) is 0 Å². The Morgan fingerprint density at radius 1 is 1.38 bits per heavy atom. The number of pyridine rings is 1. The van der Waals surface area contributed by atoms with Crippen molar-refractivity contribution >= 4 is 0 Å². The Labute approximate surface area is 74.9 Å². The summed E-state index contributed by atoms with van der Waals surface area (Å²) in [6.07, 6.45) is 3.17. The number of nitriles is 1. The monoisotopic (exact) mass is 170 g/mol. The largest absolute Gasteiger partial charge is 0.275 e. The topological polar surface area (TPSA) is 65.4 Å². The van der Waals surface area contributed by atoms with Gasteiger partial charge in [0, 0.05) is 6.20 Å². The summed E-state index contributed by atoms with van der Waals surface area (Å²) < 4.78 is 0. The average Bonchev–Trinajstić information content (AvgIpc) is 2.67. The smallest absolute Gasteiger partial charge is 0.103 e. The van der Waals surface area contributed by atoms with Crippen LogP contribution in [-0.4, -0.2) is 15.2 Å². The predicted molar refractivity (Wildman–Crippen MR) is 46.5 cm³/mol. The Bertz CT molecular complexity index is 438. The molecule has 4 heteroatoms. The van der Waals surface area contributed by atoms with Crippen LogP contribution in [0.2, 0.25) is 0 Å². The zero-order valence-electron chi connectivity index (χ0n) is 6.73. The minimum atomic E-state index is 0.513. The molecule has 0 aromatic carbocycles. The highest BCUT2D eigenvalue weighted by atomic mass is 15.1. The standard InChI is InChI=1S/C9H6N4/c10-5-7-6-12-13-9(7)8-3-1-2-4-11-8/h1-4,6H,(H,12,13). The van der Waals surface area contributed by atoms with Crippen molar-refractivity contribution in [1.29, 1.82) is 5.26 Å². The lowest BCUT2D eigenvalue weighted by molar-refractivity contribution is 1.09. The van der Waals surface area contributed by atoms with Gasteiger partial charge in [0.2, 0.25) is 0 Å². The minimum absolute atomic E-state index is 0.513. The number of rotatable bonds is 1. The molecule has 0 aliphatic heterocycles.